The number of ether oxygens (including phenoxy) is 2. The fraction of sp³-hybridized carbons (Fsp3) is 0.462. The highest BCUT2D eigenvalue weighted by Crippen LogP contribution is 2.36. The van der Waals surface area contributed by atoms with E-state index in [0.717, 1.165) is 39.2 Å². The first kappa shape index (κ1) is 25.0. The molecule has 11 heteroatoms. The van der Waals surface area contributed by atoms with E-state index in [2.05, 4.69) is 38.2 Å². The maximum Gasteiger partial charge on any atom is 0.240 e. The highest BCUT2D eigenvalue weighted by molar-refractivity contribution is 5.91. The lowest BCUT2D eigenvalue weighted by molar-refractivity contribution is 0.145. The monoisotopic (exact) mass is 506 g/mol. The van der Waals surface area contributed by atoms with Crippen LogP contribution in [-0.4, -0.2) is 77.7 Å². The third kappa shape index (κ3) is 4.60. The Morgan fingerprint density at radius 2 is 2.08 bits per heavy atom. The maximum atomic E-state index is 9.94. The van der Waals surface area contributed by atoms with E-state index in [-0.39, 0.29) is 18.8 Å². The van der Waals surface area contributed by atoms with Crippen LogP contribution in [0.4, 0.5) is 0 Å². The van der Waals surface area contributed by atoms with Gasteiger partial charge in [0.05, 0.1) is 47.5 Å². The van der Waals surface area contributed by atoms with Gasteiger partial charge in [-0.1, -0.05) is 0 Å². The van der Waals surface area contributed by atoms with E-state index in [1.165, 1.54) is 0 Å². The Balaban J connectivity index is 1.72. The van der Waals surface area contributed by atoms with Crippen LogP contribution in [0, 0.1) is 6.92 Å². The van der Waals surface area contributed by atoms with Gasteiger partial charge in [-0.2, -0.15) is 10.2 Å². The van der Waals surface area contributed by atoms with Gasteiger partial charge in [-0.3, -0.25) is 14.7 Å². The molecule has 5 heterocycles. The molecular weight excluding hydrogens is 472 g/mol. The van der Waals surface area contributed by atoms with Crippen LogP contribution in [0.2, 0.25) is 0 Å². The predicted molar refractivity (Wildman–Crippen MR) is 141 cm³/mol. The molecule has 0 fully saturated rings. The Morgan fingerprint density at radius 3 is 2.84 bits per heavy atom. The molecule has 0 radical (unpaired) electrons. The van der Waals surface area contributed by atoms with E-state index in [9.17, 15) is 5.11 Å². The average Bonchev–Trinajstić information content (AvgIpc) is 3.50. The molecule has 1 aliphatic rings. The number of aryl methyl sites for hydroxylation is 2. The normalized spacial score (nSPS) is 18.1. The molecule has 11 nitrogen and oxygen atoms in total. The molecule has 2 N–H and O–H groups in total. The fourth-order valence-corrected chi connectivity index (χ4v) is 4.91. The van der Waals surface area contributed by atoms with E-state index in [4.69, 9.17) is 14.6 Å². The highest BCUT2D eigenvalue weighted by Gasteiger charge is 2.25. The number of likely N-dealkylation sites (N-methyl/N-ethyl adjacent to an activating group) is 1. The van der Waals surface area contributed by atoms with Crippen molar-refractivity contribution in [2.75, 3.05) is 26.8 Å². The van der Waals surface area contributed by atoms with Crippen LogP contribution in [0.25, 0.3) is 34.3 Å². The lowest BCUT2D eigenvalue weighted by atomic mass is 10.1. The minimum Gasteiger partial charge on any atom is -0.476 e. The summed E-state index contributed by atoms with van der Waals surface area (Å²) < 4.78 is 16.0. The number of nitrogens with zero attached hydrogens (tertiary/aromatic N) is 7. The number of aliphatic hydroxyl groups is 1. The smallest absolute Gasteiger partial charge is 0.240 e. The summed E-state index contributed by atoms with van der Waals surface area (Å²) in [5.74, 6) is 1.24. The number of hydrogen-bond donors (Lipinski definition) is 2. The summed E-state index contributed by atoms with van der Waals surface area (Å²) in [7, 11) is 3.94. The van der Waals surface area contributed by atoms with Crippen LogP contribution in [-0.2, 0) is 13.6 Å². The molecule has 0 saturated carbocycles. The molecule has 0 spiro atoms. The lowest BCUT2D eigenvalue weighted by Crippen LogP contribution is -2.32. The van der Waals surface area contributed by atoms with Crippen molar-refractivity contribution in [2.24, 2.45) is 7.05 Å². The molecule has 0 amide bonds. The van der Waals surface area contributed by atoms with Crippen molar-refractivity contribution in [3.63, 3.8) is 0 Å². The Bertz CT molecular complexity index is 1450. The summed E-state index contributed by atoms with van der Waals surface area (Å²) in [6, 6.07) is 1.86. The number of hydrogen-bond acceptors (Lipinski definition) is 8. The lowest BCUT2D eigenvalue weighted by Gasteiger charge is -2.24. The molecule has 37 heavy (non-hydrogen) atoms. The number of rotatable bonds is 4. The van der Waals surface area contributed by atoms with Gasteiger partial charge in [-0.05, 0) is 53.0 Å². The van der Waals surface area contributed by atoms with Gasteiger partial charge in [0.2, 0.25) is 11.8 Å². The van der Waals surface area contributed by atoms with Crippen molar-refractivity contribution in [1.82, 2.24) is 39.6 Å². The largest absolute Gasteiger partial charge is 0.476 e. The average molecular weight is 507 g/mol. The third-order valence-corrected chi connectivity index (χ3v) is 6.59. The molecule has 0 saturated heterocycles. The molecule has 0 aromatic carbocycles. The van der Waals surface area contributed by atoms with Crippen LogP contribution in [0.5, 0.6) is 11.8 Å². The van der Waals surface area contributed by atoms with Crippen molar-refractivity contribution in [1.29, 1.82) is 0 Å². The van der Waals surface area contributed by atoms with Crippen molar-refractivity contribution in [3.8, 4) is 22.9 Å². The Morgan fingerprint density at radius 1 is 1.27 bits per heavy atom. The van der Waals surface area contributed by atoms with Gasteiger partial charge in [-0.15, -0.1) is 5.10 Å². The summed E-state index contributed by atoms with van der Waals surface area (Å²) in [5, 5.41) is 27.7. The quantitative estimate of drug-likeness (QED) is 0.433. The molecule has 5 rings (SSSR count). The number of pyridine rings is 1. The summed E-state index contributed by atoms with van der Waals surface area (Å²) in [6.07, 6.45) is 5.67. The van der Waals surface area contributed by atoms with Gasteiger partial charge >= 0.3 is 0 Å². The van der Waals surface area contributed by atoms with Crippen LogP contribution in [0.1, 0.15) is 49.5 Å². The highest BCUT2D eigenvalue weighted by atomic mass is 16.5. The van der Waals surface area contributed by atoms with E-state index < -0.39 is 0 Å². The zero-order valence-corrected chi connectivity index (χ0v) is 22.2. The van der Waals surface area contributed by atoms with Gasteiger partial charge in [-0.25, -0.2) is 9.67 Å². The van der Waals surface area contributed by atoms with Crippen LogP contribution >= 0.6 is 0 Å². The van der Waals surface area contributed by atoms with Gasteiger partial charge < -0.3 is 14.6 Å². The summed E-state index contributed by atoms with van der Waals surface area (Å²) >= 11 is 0. The Kier molecular flexibility index (Phi) is 6.74. The first-order chi connectivity index (χ1) is 17.8. The molecule has 196 valence electrons. The molecular formula is C26H34N8O3. The molecule has 4 aromatic heterocycles. The number of fused-ring (bicyclic) bond motifs is 4. The van der Waals surface area contributed by atoms with E-state index in [0.29, 0.717) is 37.1 Å². The van der Waals surface area contributed by atoms with Crippen molar-refractivity contribution < 1.29 is 14.6 Å². The fourth-order valence-electron chi connectivity index (χ4n) is 4.91. The maximum absolute atomic E-state index is 9.94. The number of H-pyrrole nitrogens is 1. The van der Waals surface area contributed by atoms with E-state index in [1.807, 2.05) is 57.9 Å². The minimum atomic E-state index is -0.208. The van der Waals surface area contributed by atoms with Gasteiger partial charge in [0.15, 0.2) is 5.65 Å². The van der Waals surface area contributed by atoms with E-state index >= 15 is 0 Å². The summed E-state index contributed by atoms with van der Waals surface area (Å²) in [4.78, 5) is 6.79. The first-order valence-electron chi connectivity index (χ1n) is 12.6. The zero-order chi connectivity index (χ0) is 26.3. The topological polar surface area (TPSA) is 119 Å². The summed E-state index contributed by atoms with van der Waals surface area (Å²) in [5.41, 5.74) is 5.97. The molecule has 0 aliphatic carbocycles. The second-order valence-corrected chi connectivity index (χ2v) is 9.65. The van der Waals surface area contributed by atoms with Crippen LogP contribution < -0.4 is 9.47 Å². The van der Waals surface area contributed by atoms with Crippen LogP contribution in [0.15, 0.2) is 12.3 Å². The summed E-state index contributed by atoms with van der Waals surface area (Å²) in [6.45, 7) is 9.61. The van der Waals surface area contributed by atoms with Gasteiger partial charge in [0, 0.05) is 37.3 Å². The van der Waals surface area contributed by atoms with Crippen molar-refractivity contribution in [2.45, 2.75) is 46.4 Å². The molecule has 0 unspecified atom stereocenters. The standard InChI is InChI=1S/C26H34N8O3/c1-7-36-25-19-8-9-21-20-10-18(11-27-24(20)29-28-21)23-17(4)30-33(6)26(23)37-16(3)12-32(5)13-22(19)34(31-25)15(2)14-35/h8-11,15-16,35H,7,12-14H2,1-6H3,(H,27,28,29)/b9-8+/t15-,16-/m0/s1. The predicted octanol–water partition coefficient (Wildman–Crippen LogP) is 3.20. The van der Waals surface area contributed by atoms with Crippen molar-refractivity contribution in [3.05, 3.63) is 34.9 Å². The number of aromatic amines is 1. The molecule has 1 aliphatic heterocycles. The van der Waals surface area contributed by atoms with Gasteiger partial charge in [0.1, 0.15) is 6.10 Å². The minimum absolute atomic E-state index is 0.0329. The second-order valence-electron chi connectivity index (χ2n) is 9.65. The first-order valence-corrected chi connectivity index (χ1v) is 12.6. The molecule has 4 aromatic rings. The molecule has 2 bridgehead atoms. The van der Waals surface area contributed by atoms with E-state index in [1.54, 1.807) is 4.68 Å². The number of aliphatic hydroxyl groups excluding tert-OH is 1. The molecule has 2 atom stereocenters. The number of nitrogens with one attached hydrogen (secondary N) is 1. The second kappa shape index (κ2) is 9.98. The SMILES string of the molecule is CCOc1nn([C@@H](C)CO)c2c1/C=C/c1[nH]nc3ncc(cc13)-c1c(C)nn(C)c1O[C@@H](C)CN(C)C2. The third-order valence-electron chi connectivity index (χ3n) is 6.59. The van der Waals surface area contributed by atoms with Gasteiger partial charge in [0.25, 0.3) is 0 Å². The Labute approximate surface area is 215 Å². The van der Waals surface area contributed by atoms with Crippen molar-refractivity contribution >= 4 is 23.2 Å². The number of aromatic nitrogens is 7. The van der Waals surface area contributed by atoms with Crippen LogP contribution in [0.3, 0.4) is 0 Å². The Hall–Kier alpha value is -3.70. The zero-order valence-electron chi connectivity index (χ0n) is 22.2.